The number of nitrogens with zero attached hydrogens (tertiary/aromatic N) is 3. The third-order valence-corrected chi connectivity index (χ3v) is 6.37. The number of ether oxygens (including phenoxy) is 2. The smallest absolute Gasteiger partial charge is 0.283 e. The molecule has 24 heavy (non-hydrogen) atoms. The number of hydrogen-bond acceptors (Lipinski definition) is 6. The fourth-order valence-corrected chi connectivity index (χ4v) is 4.85. The summed E-state index contributed by atoms with van der Waals surface area (Å²) in [6.45, 7) is 6.53. The number of fused-ring (bicyclic) bond motifs is 1. The summed E-state index contributed by atoms with van der Waals surface area (Å²) in [6, 6.07) is 0.655. The maximum Gasteiger partial charge on any atom is 0.283 e. The number of carbonyl (C=O) groups excluding carboxylic acids is 1. The van der Waals surface area contributed by atoms with Crippen LogP contribution in [-0.4, -0.2) is 79.3 Å². The normalized spacial score (nSPS) is 23.8. The summed E-state index contributed by atoms with van der Waals surface area (Å²) in [5.41, 5.74) is 1.14. The summed E-state index contributed by atoms with van der Waals surface area (Å²) in [5.74, 6) is 0.0812. The Morgan fingerprint density at radius 2 is 1.71 bits per heavy atom. The highest BCUT2D eigenvalue weighted by Crippen LogP contribution is 2.26. The molecule has 0 unspecified atom stereocenters. The molecule has 0 bridgehead atoms. The van der Waals surface area contributed by atoms with Crippen molar-refractivity contribution in [3.8, 4) is 0 Å². The van der Waals surface area contributed by atoms with Gasteiger partial charge in [-0.2, -0.15) is 0 Å². The molecule has 2 fully saturated rings. The van der Waals surface area contributed by atoms with Crippen molar-refractivity contribution < 1.29 is 14.3 Å². The van der Waals surface area contributed by atoms with E-state index in [0.29, 0.717) is 37.4 Å². The minimum atomic E-state index is 0.0812. The van der Waals surface area contributed by atoms with Gasteiger partial charge in [0.05, 0.1) is 18.9 Å². The number of carbonyl (C=O) groups is 1. The van der Waals surface area contributed by atoms with E-state index in [4.69, 9.17) is 14.5 Å². The Morgan fingerprint density at radius 1 is 1.00 bits per heavy atom. The molecule has 0 N–H and O–H groups in total. The first-order valence-corrected chi connectivity index (χ1v) is 9.80. The maximum absolute atomic E-state index is 12.6. The van der Waals surface area contributed by atoms with Crippen LogP contribution in [0.2, 0.25) is 0 Å². The number of hydrogen-bond donors (Lipinski definition) is 0. The van der Waals surface area contributed by atoms with Crippen LogP contribution in [-0.2, 0) is 22.3 Å². The van der Waals surface area contributed by atoms with Crippen molar-refractivity contribution >= 4 is 17.2 Å². The second-order valence-electron chi connectivity index (χ2n) is 6.67. The van der Waals surface area contributed by atoms with Gasteiger partial charge in [0.2, 0.25) is 0 Å². The lowest BCUT2D eigenvalue weighted by Crippen LogP contribution is -2.41. The molecular formula is C17H25N3O3S. The second kappa shape index (κ2) is 7.47. The molecule has 1 amide bonds. The molecule has 132 valence electrons. The van der Waals surface area contributed by atoms with Gasteiger partial charge in [-0.05, 0) is 19.3 Å². The zero-order valence-electron chi connectivity index (χ0n) is 14.0. The second-order valence-corrected chi connectivity index (χ2v) is 7.76. The summed E-state index contributed by atoms with van der Waals surface area (Å²) in [4.78, 5) is 23.1. The van der Waals surface area contributed by atoms with Crippen molar-refractivity contribution in [3.63, 3.8) is 0 Å². The molecule has 4 heterocycles. The average Bonchev–Trinajstić information content (AvgIpc) is 2.96. The molecule has 3 aliphatic heterocycles. The lowest BCUT2D eigenvalue weighted by molar-refractivity contribution is 0.0302. The zero-order valence-corrected chi connectivity index (χ0v) is 14.9. The van der Waals surface area contributed by atoms with Crippen LogP contribution in [0.5, 0.6) is 0 Å². The Kier molecular flexibility index (Phi) is 5.12. The number of thiazole rings is 1. The Hall–Kier alpha value is -1.02. The highest BCUT2D eigenvalue weighted by Gasteiger charge is 2.27. The Balaban J connectivity index is 1.41. The summed E-state index contributed by atoms with van der Waals surface area (Å²) in [5, 5.41) is 0.668. The van der Waals surface area contributed by atoms with Crippen molar-refractivity contribution in [2.45, 2.75) is 31.7 Å². The quantitative estimate of drug-likeness (QED) is 0.801. The molecule has 0 atom stereocenters. The van der Waals surface area contributed by atoms with Crippen LogP contribution in [0, 0.1) is 0 Å². The van der Waals surface area contributed by atoms with Gasteiger partial charge in [-0.1, -0.05) is 0 Å². The summed E-state index contributed by atoms with van der Waals surface area (Å²) in [6.07, 6.45) is 4.25. The van der Waals surface area contributed by atoms with Crippen LogP contribution < -0.4 is 0 Å². The highest BCUT2D eigenvalue weighted by atomic mass is 32.1. The van der Waals surface area contributed by atoms with Gasteiger partial charge in [0.1, 0.15) is 0 Å². The fourth-order valence-electron chi connectivity index (χ4n) is 3.79. The first-order valence-electron chi connectivity index (χ1n) is 8.98. The summed E-state index contributed by atoms with van der Waals surface area (Å²) in [7, 11) is 0. The number of aromatic nitrogens is 1. The van der Waals surface area contributed by atoms with Gasteiger partial charge < -0.3 is 14.4 Å². The molecule has 3 aliphatic rings. The minimum absolute atomic E-state index is 0.0812. The average molecular weight is 351 g/mol. The SMILES string of the molecule is O=C(c1nc2c(s1)CCN(C1CCOCC1)CC2)N1CCOCC1. The van der Waals surface area contributed by atoms with Crippen molar-refractivity contribution in [1.82, 2.24) is 14.8 Å². The summed E-state index contributed by atoms with van der Waals surface area (Å²) < 4.78 is 10.8. The maximum atomic E-state index is 12.6. The molecule has 1 aromatic heterocycles. The molecule has 6 nitrogen and oxygen atoms in total. The van der Waals surface area contributed by atoms with Crippen molar-refractivity contribution in [1.29, 1.82) is 0 Å². The van der Waals surface area contributed by atoms with E-state index < -0.39 is 0 Å². The van der Waals surface area contributed by atoms with Gasteiger partial charge in [-0.25, -0.2) is 4.98 Å². The van der Waals surface area contributed by atoms with E-state index in [9.17, 15) is 4.79 Å². The van der Waals surface area contributed by atoms with Gasteiger partial charge in [0.25, 0.3) is 5.91 Å². The monoisotopic (exact) mass is 351 g/mol. The van der Waals surface area contributed by atoms with E-state index in [1.54, 1.807) is 11.3 Å². The van der Waals surface area contributed by atoms with E-state index in [-0.39, 0.29) is 5.91 Å². The van der Waals surface area contributed by atoms with Crippen LogP contribution >= 0.6 is 11.3 Å². The molecule has 7 heteroatoms. The third kappa shape index (κ3) is 3.49. The molecule has 0 spiro atoms. The molecule has 0 radical (unpaired) electrons. The Morgan fingerprint density at radius 3 is 2.50 bits per heavy atom. The van der Waals surface area contributed by atoms with Crippen molar-refractivity contribution in [2.75, 3.05) is 52.6 Å². The molecule has 0 aliphatic carbocycles. The predicted octanol–water partition coefficient (Wildman–Crippen LogP) is 1.20. The van der Waals surface area contributed by atoms with Crippen molar-refractivity contribution in [3.05, 3.63) is 15.6 Å². The van der Waals surface area contributed by atoms with Crippen LogP contribution in [0.3, 0.4) is 0 Å². The topological polar surface area (TPSA) is 54.9 Å². The molecular weight excluding hydrogens is 326 g/mol. The number of morpholine rings is 1. The minimum Gasteiger partial charge on any atom is -0.381 e. The molecule has 4 rings (SSSR count). The van der Waals surface area contributed by atoms with Crippen LogP contribution in [0.25, 0.3) is 0 Å². The van der Waals surface area contributed by atoms with E-state index >= 15 is 0 Å². The highest BCUT2D eigenvalue weighted by molar-refractivity contribution is 7.13. The van der Waals surface area contributed by atoms with E-state index in [2.05, 4.69) is 4.90 Å². The van der Waals surface area contributed by atoms with Gasteiger partial charge in [0.15, 0.2) is 5.01 Å². The number of amides is 1. The van der Waals surface area contributed by atoms with Gasteiger partial charge >= 0.3 is 0 Å². The lowest BCUT2D eigenvalue weighted by atomic mass is 10.1. The van der Waals surface area contributed by atoms with Crippen LogP contribution in [0.15, 0.2) is 0 Å². The third-order valence-electron chi connectivity index (χ3n) is 5.23. The Labute approximate surface area is 146 Å². The van der Waals surface area contributed by atoms with Crippen LogP contribution in [0.1, 0.15) is 33.2 Å². The van der Waals surface area contributed by atoms with Crippen molar-refractivity contribution in [2.24, 2.45) is 0 Å². The predicted molar refractivity (Wildman–Crippen MR) is 91.7 cm³/mol. The lowest BCUT2D eigenvalue weighted by Gasteiger charge is -2.33. The van der Waals surface area contributed by atoms with Gasteiger partial charge in [-0.3, -0.25) is 9.69 Å². The summed E-state index contributed by atoms with van der Waals surface area (Å²) >= 11 is 1.60. The zero-order chi connectivity index (χ0) is 16.4. The first kappa shape index (κ1) is 16.4. The van der Waals surface area contributed by atoms with E-state index in [1.165, 1.54) is 4.88 Å². The fraction of sp³-hybridized carbons (Fsp3) is 0.765. The molecule has 0 saturated carbocycles. The molecule has 0 aromatic carbocycles. The van der Waals surface area contributed by atoms with Gasteiger partial charge in [-0.15, -0.1) is 11.3 Å². The standard InChI is InChI=1S/C17H25N3O3S/c21-17(20-7-11-23-12-8-20)16-18-14-1-5-19(6-2-15(14)24-16)13-3-9-22-10-4-13/h13H,1-12H2. The number of rotatable bonds is 2. The Bertz CT molecular complexity index is 554. The largest absolute Gasteiger partial charge is 0.381 e. The first-order chi connectivity index (χ1) is 11.8. The molecule has 2 saturated heterocycles. The van der Waals surface area contributed by atoms with Crippen LogP contribution in [0.4, 0.5) is 0 Å². The van der Waals surface area contributed by atoms with E-state index in [0.717, 1.165) is 57.7 Å². The van der Waals surface area contributed by atoms with E-state index in [1.807, 2.05) is 4.90 Å². The molecule has 1 aromatic rings. The van der Waals surface area contributed by atoms with Gasteiger partial charge in [0, 0.05) is 56.7 Å².